The molecule has 0 aliphatic heterocycles. The Hall–Kier alpha value is -2.90. The number of aryl methyl sites for hydroxylation is 1. The summed E-state index contributed by atoms with van der Waals surface area (Å²) in [7, 11) is -4.15. The molecule has 2 aromatic carbocycles. The van der Waals surface area contributed by atoms with E-state index in [-0.39, 0.29) is 22.1 Å². The molecule has 3 aromatic rings. The van der Waals surface area contributed by atoms with Crippen LogP contribution in [0, 0.1) is 6.92 Å². The zero-order valence-corrected chi connectivity index (χ0v) is 20.9. The summed E-state index contributed by atoms with van der Waals surface area (Å²) in [6, 6.07) is 11.1. The highest BCUT2D eigenvalue weighted by Gasteiger charge is 2.27. The van der Waals surface area contributed by atoms with E-state index in [4.69, 9.17) is 15.8 Å². The molecule has 0 aliphatic carbocycles. The zero-order chi connectivity index (χ0) is 24.3. The summed E-state index contributed by atoms with van der Waals surface area (Å²) in [5.41, 5.74) is 4.06. The van der Waals surface area contributed by atoms with Gasteiger partial charge in [0.05, 0.1) is 6.20 Å². The van der Waals surface area contributed by atoms with Gasteiger partial charge in [-0.05, 0) is 75.1 Å². The first-order chi connectivity index (χ1) is 15.6. The third-order valence-corrected chi connectivity index (χ3v) is 7.02. The van der Waals surface area contributed by atoms with Gasteiger partial charge in [-0.2, -0.15) is 13.5 Å². The Labute approximate surface area is 200 Å². The normalized spacial score (nSPS) is 11.3. The van der Waals surface area contributed by atoms with E-state index in [0.717, 1.165) is 16.7 Å². The summed E-state index contributed by atoms with van der Waals surface area (Å²) < 4.78 is 32.7. The number of benzene rings is 2. The van der Waals surface area contributed by atoms with Gasteiger partial charge in [-0.15, -0.1) is 0 Å². The highest BCUT2D eigenvalue weighted by atomic mass is 35.5. The quantitative estimate of drug-likeness (QED) is 0.285. The summed E-state index contributed by atoms with van der Waals surface area (Å²) in [6.45, 7) is 10.1. The molecule has 8 heteroatoms. The molecule has 0 bridgehead atoms. The van der Waals surface area contributed by atoms with Crippen LogP contribution < -0.4 is 4.18 Å². The van der Waals surface area contributed by atoms with E-state index < -0.39 is 10.1 Å². The number of nitrogens with zero attached hydrogens (tertiary/aromatic N) is 2. The number of aromatic nitrogens is 2. The maximum atomic E-state index is 13.6. The fraction of sp³-hybridized carbons (Fsp3) is 0.280. The predicted molar refractivity (Wildman–Crippen MR) is 130 cm³/mol. The fourth-order valence-corrected chi connectivity index (χ4v) is 4.82. The highest BCUT2D eigenvalue weighted by molar-refractivity contribution is 7.87. The molecule has 174 valence electrons. The number of rotatable bonds is 8. The lowest BCUT2D eigenvalue weighted by atomic mass is 9.92. The number of carbonyl (C=O) groups excluding carboxylic acids is 1. The molecule has 1 aromatic heterocycles. The minimum atomic E-state index is -4.15. The third-order valence-electron chi connectivity index (χ3n) is 5.48. The first kappa shape index (κ1) is 24.7. The van der Waals surface area contributed by atoms with E-state index >= 15 is 0 Å². The van der Waals surface area contributed by atoms with Crippen LogP contribution >= 0.6 is 11.6 Å². The van der Waals surface area contributed by atoms with Crippen molar-refractivity contribution in [3.8, 4) is 5.88 Å². The average Bonchev–Trinajstić information content (AvgIpc) is 3.15. The minimum absolute atomic E-state index is 0.00297. The Morgan fingerprint density at radius 2 is 1.73 bits per heavy atom. The number of ketones is 1. The van der Waals surface area contributed by atoms with Gasteiger partial charge in [0.1, 0.15) is 10.5 Å². The molecule has 0 amide bonds. The number of hydrogen-bond acceptors (Lipinski definition) is 5. The van der Waals surface area contributed by atoms with E-state index in [1.165, 1.54) is 23.0 Å². The van der Waals surface area contributed by atoms with Gasteiger partial charge >= 0.3 is 10.1 Å². The molecule has 6 nitrogen and oxygen atoms in total. The zero-order valence-electron chi connectivity index (χ0n) is 19.3. The molecule has 1 heterocycles. The number of carbonyl (C=O) groups is 1. The summed E-state index contributed by atoms with van der Waals surface area (Å²) >= 11 is 6.46. The number of allylic oxidation sites excluding steroid dienone is 2. The van der Waals surface area contributed by atoms with Crippen molar-refractivity contribution in [2.45, 2.75) is 52.5 Å². The predicted octanol–water partition coefficient (Wildman–Crippen LogP) is 6.07. The van der Waals surface area contributed by atoms with Crippen molar-refractivity contribution in [3.63, 3.8) is 0 Å². The maximum absolute atomic E-state index is 13.6. The second kappa shape index (κ2) is 9.93. The van der Waals surface area contributed by atoms with Crippen LogP contribution in [-0.2, 0) is 16.7 Å². The molecule has 0 aliphatic rings. The molecule has 0 saturated heterocycles. The van der Waals surface area contributed by atoms with Crippen molar-refractivity contribution < 1.29 is 17.4 Å². The van der Waals surface area contributed by atoms with Crippen LogP contribution in [0.5, 0.6) is 5.88 Å². The summed E-state index contributed by atoms with van der Waals surface area (Å²) in [5.74, 6) is -0.479. The molecule has 0 unspecified atom stereocenters. The van der Waals surface area contributed by atoms with Crippen molar-refractivity contribution >= 4 is 33.1 Å². The average molecular weight is 487 g/mol. The SMILES string of the molecule is CCCn1ncc(C(=O)c2ccc(Cl)c(C(C)=C(C)C)c2C)c1OS(=O)(=O)c1ccccc1. The number of halogens is 1. The van der Waals surface area contributed by atoms with E-state index in [0.29, 0.717) is 29.1 Å². The fourth-order valence-electron chi connectivity index (χ4n) is 3.51. The molecule has 0 saturated carbocycles. The lowest BCUT2D eigenvalue weighted by molar-refractivity contribution is 0.103. The van der Waals surface area contributed by atoms with E-state index in [9.17, 15) is 13.2 Å². The van der Waals surface area contributed by atoms with Gasteiger partial charge in [-0.1, -0.05) is 42.3 Å². The Balaban J connectivity index is 2.13. The third kappa shape index (κ3) is 5.04. The van der Waals surface area contributed by atoms with Crippen LogP contribution in [0.15, 0.2) is 59.1 Å². The second-order valence-electron chi connectivity index (χ2n) is 7.99. The highest BCUT2D eigenvalue weighted by Crippen LogP contribution is 2.34. The smallest absolute Gasteiger partial charge is 0.340 e. The lowest BCUT2D eigenvalue weighted by Crippen LogP contribution is -2.16. The van der Waals surface area contributed by atoms with E-state index in [1.54, 1.807) is 30.3 Å². The van der Waals surface area contributed by atoms with Gasteiger partial charge in [-0.25, -0.2) is 4.68 Å². The largest absolute Gasteiger partial charge is 0.358 e. The standard InChI is InChI=1S/C25H27ClN2O4S/c1-6-14-28-25(32-33(30,31)19-10-8-7-9-11-19)21(15-27-28)24(29)20-12-13-22(26)23(18(20)5)17(4)16(2)3/h7-13,15H,6,14H2,1-5H3. The Kier molecular flexibility index (Phi) is 7.44. The second-order valence-corrected chi connectivity index (χ2v) is 9.94. The van der Waals surface area contributed by atoms with Gasteiger partial charge in [0.2, 0.25) is 5.88 Å². The first-order valence-corrected chi connectivity index (χ1v) is 12.4. The maximum Gasteiger partial charge on any atom is 0.340 e. The summed E-state index contributed by atoms with van der Waals surface area (Å²) in [4.78, 5) is 13.6. The molecular formula is C25H27ClN2O4S. The molecule has 0 fully saturated rings. The van der Waals surface area contributed by atoms with Crippen molar-refractivity contribution in [1.29, 1.82) is 0 Å². The van der Waals surface area contributed by atoms with Gasteiger partial charge in [0, 0.05) is 17.1 Å². The van der Waals surface area contributed by atoms with Gasteiger partial charge in [0.15, 0.2) is 5.78 Å². The van der Waals surface area contributed by atoms with Crippen molar-refractivity contribution in [2.24, 2.45) is 0 Å². The van der Waals surface area contributed by atoms with Crippen LogP contribution in [-0.4, -0.2) is 24.0 Å². The Morgan fingerprint density at radius 1 is 1.06 bits per heavy atom. The summed E-state index contributed by atoms with van der Waals surface area (Å²) in [5, 5.41) is 4.78. The molecular weight excluding hydrogens is 460 g/mol. The minimum Gasteiger partial charge on any atom is -0.358 e. The van der Waals surface area contributed by atoms with E-state index in [2.05, 4.69) is 5.10 Å². The molecule has 33 heavy (non-hydrogen) atoms. The van der Waals surface area contributed by atoms with Crippen LogP contribution in [0.1, 0.15) is 61.2 Å². The monoisotopic (exact) mass is 486 g/mol. The Bertz CT molecular complexity index is 1320. The molecule has 0 spiro atoms. The molecule has 3 rings (SSSR count). The first-order valence-electron chi connectivity index (χ1n) is 10.6. The van der Waals surface area contributed by atoms with Crippen molar-refractivity contribution in [2.75, 3.05) is 0 Å². The van der Waals surface area contributed by atoms with Crippen molar-refractivity contribution in [3.05, 3.63) is 81.5 Å². The summed E-state index contributed by atoms with van der Waals surface area (Å²) in [6.07, 6.45) is 2.04. The van der Waals surface area contributed by atoms with Crippen LogP contribution in [0.3, 0.4) is 0 Å². The molecule has 0 N–H and O–H groups in total. The van der Waals surface area contributed by atoms with Gasteiger partial charge in [-0.3, -0.25) is 4.79 Å². The van der Waals surface area contributed by atoms with Crippen LogP contribution in [0.4, 0.5) is 0 Å². The van der Waals surface area contributed by atoms with Crippen molar-refractivity contribution in [1.82, 2.24) is 9.78 Å². The molecule has 0 atom stereocenters. The van der Waals surface area contributed by atoms with Gasteiger partial charge < -0.3 is 4.18 Å². The molecule has 0 radical (unpaired) electrons. The van der Waals surface area contributed by atoms with Gasteiger partial charge in [0.25, 0.3) is 0 Å². The van der Waals surface area contributed by atoms with Crippen LogP contribution in [0.2, 0.25) is 5.02 Å². The number of hydrogen-bond donors (Lipinski definition) is 0. The Morgan fingerprint density at radius 3 is 2.33 bits per heavy atom. The topological polar surface area (TPSA) is 78.3 Å². The lowest BCUT2D eigenvalue weighted by Gasteiger charge is -2.15. The van der Waals surface area contributed by atoms with Crippen LogP contribution in [0.25, 0.3) is 5.57 Å². The van der Waals surface area contributed by atoms with E-state index in [1.807, 2.05) is 34.6 Å².